The van der Waals surface area contributed by atoms with Crippen molar-refractivity contribution >= 4 is 42.6 Å². The monoisotopic (exact) mass is 311 g/mol. The van der Waals surface area contributed by atoms with E-state index in [0.717, 1.165) is 11.4 Å². The molecule has 0 atom stereocenters. The molecule has 8 heteroatoms. The van der Waals surface area contributed by atoms with Crippen LogP contribution in [0, 0.1) is 0 Å². The fraction of sp³-hybridized carbons (Fsp3) is 0.111. The Morgan fingerprint density at radius 3 is 2.47 bits per heavy atom. The SMILES string of the molecule is ClCc1ccc(-n2cccn2)nc1.[O-][S+](Cl)Cl. The van der Waals surface area contributed by atoms with Crippen LogP contribution in [0.25, 0.3) is 5.82 Å². The quantitative estimate of drug-likeness (QED) is 0.632. The van der Waals surface area contributed by atoms with Gasteiger partial charge in [-0.15, -0.1) is 11.6 Å². The van der Waals surface area contributed by atoms with Crippen LogP contribution in [-0.2, 0) is 15.5 Å². The average Bonchev–Trinajstić information content (AvgIpc) is 2.82. The summed E-state index contributed by atoms with van der Waals surface area (Å²) in [6, 6.07) is 5.69. The van der Waals surface area contributed by atoms with Crippen LogP contribution in [0.1, 0.15) is 5.56 Å². The van der Waals surface area contributed by atoms with Gasteiger partial charge in [0.1, 0.15) is 0 Å². The molecular formula is C9H8Cl3N3OS. The van der Waals surface area contributed by atoms with Crippen LogP contribution >= 0.6 is 33.0 Å². The van der Waals surface area contributed by atoms with Gasteiger partial charge in [0.05, 0.1) is 0 Å². The first-order valence-corrected chi connectivity index (χ1v) is 7.72. The van der Waals surface area contributed by atoms with Gasteiger partial charge in [-0.3, -0.25) is 0 Å². The minimum Gasteiger partial charge on any atom is -0.582 e. The van der Waals surface area contributed by atoms with Gasteiger partial charge < -0.3 is 4.55 Å². The smallest absolute Gasteiger partial charge is 0.198 e. The van der Waals surface area contributed by atoms with E-state index in [0.29, 0.717) is 5.88 Å². The normalized spacial score (nSPS) is 9.94. The summed E-state index contributed by atoms with van der Waals surface area (Å²) >= 11 is 5.64. The summed E-state index contributed by atoms with van der Waals surface area (Å²) in [5, 5.41) is 4.06. The van der Waals surface area contributed by atoms with Crippen molar-refractivity contribution in [1.29, 1.82) is 0 Å². The van der Waals surface area contributed by atoms with Gasteiger partial charge in [0.15, 0.2) is 36.8 Å². The van der Waals surface area contributed by atoms with Crippen molar-refractivity contribution < 1.29 is 4.55 Å². The first-order chi connectivity index (χ1) is 8.13. The molecule has 2 aromatic rings. The molecule has 92 valence electrons. The Kier molecular flexibility index (Phi) is 6.69. The number of alkyl halides is 1. The fourth-order valence-corrected chi connectivity index (χ4v) is 1.19. The van der Waals surface area contributed by atoms with E-state index in [1.165, 1.54) is 0 Å². The first-order valence-electron chi connectivity index (χ1n) is 4.38. The molecule has 0 aliphatic heterocycles. The van der Waals surface area contributed by atoms with Crippen LogP contribution in [0.15, 0.2) is 36.8 Å². The summed E-state index contributed by atoms with van der Waals surface area (Å²) in [5.74, 6) is 1.30. The van der Waals surface area contributed by atoms with E-state index in [1.807, 2.05) is 24.4 Å². The van der Waals surface area contributed by atoms with Crippen LogP contribution in [0.2, 0.25) is 0 Å². The topological polar surface area (TPSA) is 53.8 Å². The van der Waals surface area contributed by atoms with E-state index in [1.54, 1.807) is 17.1 Å². The fourth-order valence-electron chi connectivity index (χ4n) is 1.04. The van der Waals surface area contributed by atoms with Crippen molar-refractivity contribution in [2.45, 2.75) is 5.88 Å². The molecule has 0 unspecified atom stereocenters. The highest BCUT2D eigenvalue weighted by Crippen LogP contribution is 2.06. The van der Waals surface area contributed by atoms with Crippen LogP contribution in [0.5, 0.6) is 0 Å². The molecule has 0 N–H and O–H groups in total. The van der Waals surface area contributed by atoms with Gasteiger partial charge >= 0.3 is 0 Å². The number of pyridine rings is 1. The lowest BCUT2D eigenvalue weighted by Crippen LogP contribution is -1.97. The second kappa shape index (κ2) is 7.79. The third-order valence-corrected chi connectivity index (χ3v) is 2.01. The molecule has 17 heavy (non-hydrogen) atoms. The zero-order valence-electron chi connectivity index (χ0n) is 8.46. The minimum atomic E-state index is -1.67. The van der Waals surface area contributed by atoms with E-state index < -0.39 is 9.60 Å². The van der Waals surface area contributed by atoms with E-state index in [-0.39, 0.29) is 0 Å². The number of hydrogen-bond acceptors (Lipinski definition) is 3. The van der Waals surface area contributed by atoms with Crippen LogP contribution < -0.4 is 0 Å². The third kappa shape index (κ3) is 5.61. The van der Waals surface area contributed by atoms with E-state index in [2.05, 4.69) is 31.4 Å². The van der Waals surface area contributed by atoms with Crippen molar-refractivity contribution in [1.82, 2.24) is 14.8 Å². The molecule has 0 aliphatic carbocycles. The largest absolute Gasteiger partial charge is 0.582 e. The molecule has 0 spiro atoms. The Labute approximate surface area is 116 Å². The second-order valence-corrected chi connectivity index (χ2v) is 5.58. The molecule has 0 aliphatic rings. The summed E-state index contributed by atoms with van der Waals surface area (Å²) in [5.41, 5.74) is 1.01. The Morgan fingerprint density at radius 1 is 1.35 bits per heavy atom. The third-order valence-electron chi connectivity index (χ3n) is 1.70. The molecular weight excluding hydrogens is 305 g/mol. The first kappa shape index (κ1) is 14.6. The summed E-state index contributed by atoms with van der Waals surface area (Å²) in [6.07, 6.45) is 5.32. The van der Waals surface area contributed by atoms with Crippen molar-refractivity contribution in [3.8, 4) is 5.82 Å². The van der Waals surface area contributed by atoms with Gasteiger partial charge in [0, 0.05) is 24.5 Å². The standard InChI is InChI=1S/C9H8ClN3.Cl2OS/c10-6-8-2-3-9(11-7-8)13-5-1-4-12-13;1-4(2)3/h1-5,7H,6H2;. The average molecular weight is 313 g/mol. The second-order valence-electron chi connectivity index (χ2n) is 2.79. The lowest BCUT2D eigenvalue weighted by molar-refractivity contribution is 0.620. The number of hydrogen-bond donors (Lipinski definition) is 0. The maximum absolute atomic E-state index is 9.09. The molecule has 2 rings (SSSR count). The summed E-state index contributed by atoms with van der Waals surface area (Å²) in [6.45, 7) is 0. The predicted octanol–water partition coefficient (Wildman–Crippen LogP) is 3.05. The van der Waals surface area contributed by atoms with Gasteiger partial charge in [-0.1, -0.05) is 6.07 Å². The Hall–Kier alpha value is -0.460. The Morgan fingerprint density at radius 2 is 2.06 bits per heavy atom. The highest BCUT2D eigenvalue weighted by Gasteiger charge is 1.96. The molecule has 2 heterocycles. The molecule has 0 fully saturated rings. The predicted molar refractivity (Wildman–Crippen MR) is 70.8 cm³/mol. The molecule has 0 bridgehead atoms. The summed E-state index contributed by atoms with van der Waals surface area (Å²) < 4.78 is 10.8. The van der Waals surface area contributed by atoms with E-state index in [9.17, 15) is 0 Å². The molecule has 0 radical (unpaired) electrons. The number of nitrogens with zero attached hydrogens (tertiary/aromatic N) is 3. The van der Waals surface area contributed by atoms with Gasteiger partial charge in [0.25, 0.3) is 0 Å². The zero-order valence-corrected chi connectivity index (χ0v) is 11.5. The van der Waals surface area contributed by atoms with Gasteiger partial charge in [-0.25, -0.2) is 9.67 Å². The van der Waals surface area contributed by atoms with Gasteiger partial charge in [0.2, 0.25) is 0 Å². The number of rotatable bonds is 2. The molecule has 2 aromatic heterocycles. The molecule has 0 saturated heterocycles. The van der Waals surface area contributed by atoms with Crippen molar-refractivity contribution in [2.75, 3.05) is 0 Å². The summed E-state index contributed by atoms with van der Waals surface area (Å²) in [7, 11) is 7.36. The molecule has 0 aromatic carbocycles. The zero-order chi connectivity index (χ0) is 12.7. The van der Waals surface area contributed by atoms with Crippen molar-refractivity contribution in [3.05, 3.63) is 42.4 Å². The highest BCUT2D eigenvalue weighted by atomic mass is 36.0. The van der Waals surface area contributed by atoms with Gasteiger partial charge in [-0.05, 0) is 17.7 Å². The Balaban J connectivity index is 0.000000317. The molecule has 0 amide bonds. The minimum absolute atomic E-state index is 0.492. The van der Waals surface area contributed by atoms with Crippen molar-refractivity contribution in [2.24, 2.45) is 0 Å². The van der Waals surface area contributed by atoms with E-state index in [4.69, 9.17) is 16.2 Å². The van der Waals surface area contributed by atoms with Crippen LogP contribution in [0.3, 0.4) is 0 Å². The van der Waals surface area contributed by atoms with Crippen LogP contribution in [-0.4, -0.2) is 19.3 Å². The highest BCUT2D eigenvalue weighted by molar-refractivity contribution is 8.31. The summed E-state index contributed by atoms with van der Waals surface area (Å²) in [4.78, 5) is 4.21. The lowest BCUT2D eigenvalue weighted by Gasteiger charge is -2.00. The maximum atomic E-state index is 9.09. The van der Waals surface area contributed by atoms with E-state index >= 15 is 0 Å². The van der Waals surface area contributed by atoms with Gasteiger partial charge in [-0.2, -0.15) is 5.10 Å². The Bertz CT molecular complexity index is 419. The molecule has 0 saturated carbocycles. The number of halogens is 3. The van der Waals surface area contributed by atoms with Crippen molar-refractivity contribution in [3.63, 3.8) is 0 Å². The maximum Gasteiger partial charge on any atom is 0.198 e. The molecule has 4 nitrogen and oxygen atoms in total. The lowest BCUT2D eigenvalue weighted by atomic mass is 10.3. The number of aromatic nitrogens is 3. The van der Waals surface area contributed by atoms with Crippen LogP contribution in [0.4, 0.5) is 0 Å².